The Morgan fingerprint density at radius 2 is 2.12 bits per heavy atom. The van der Waals surface area contributed by atoms with Gasteiger partial charge in [0.1, 0.15) is 0 Å². The highest BCUT2D eigenvalue weighted by Gasteiger charge is 2.06. The molecule has 0 fully saturated rings. The lowest BCUT2D eigenvalue weighted by atomic mass is 10.3. The fraction of sp³-hybridized carbons (Fsp3) is 0.182. The van der Waals surface area contributed by atoms with E-state index < -0.39 is 0 Å². The molecule has 1 aromatic carbocycles. The van der Waals surface area contributed by atoms with Crippen LogP contribution in [0.1, 0.15) is 5.82 Å². The van der Waals surface area contributed by atoms with Crippen molar-refractivity contribution in [2.45, 2.75) is 6.54 Å². The van der Waals surface area contributed by atoms with Crippen LogP contribution < -0.4 is 5.32 Å². The Balaban J connectivity index is 2.10. The van der Waals surface area contributed by atoms with E-state index in [1.165, 1.54) is 0 Å². The Bertz CT molecular complexity index is 494. The topological polar surface area (TPSA) is 55.6 Å². The fourth-order valence-electron chi connectivity index (χ4n) is 1.40. The van der Waals surface area contributed by atoms with Crippen molar-refractivity contribution in [2.75, 3.05) is 6.54 Å². The van der Waals surface area contributed by atoms with Crippen molar-refractivity contribution in [1.82, 2.24) is 25.5 Å². The van der Waals surface area contributed by atoms with E-state index in [0.29, 0.717) is 13.1 Å². The van der Waals surface area contributed by atoms with Crippen LogP contribution in [-0.2, 0) is 6.54 Å². The van der Waals surface area contributed by atoms with Gasteiger partial charge in [0.25, 0.3) is 0 Å². The molecule has 0 unspecified atom stereocenters. The van der Waals surface area contributed by atoms with Crippen LogP contribution in [0.4, 0.5) is 0 Å². The first-order chi connectivity index (χ1) is 8.27. The molecule has 2 aromatic rings. The molecule has 88 valence electrons. The molecular weight excluding hydrogens is 282 g/mol. The Labute approximate surface area is 108 Å². The van der Waals surface area contributed by atoms with E-state index >= 15 is 0 Å². The zero-order chi connectivity index (χ0) is 12.1. The molecule has 0 bridgehead atoms. The van der Waals surface area contributed by atoms with Crippen molar-refractivity contribution in [3.05, 3.63) is 47.2 Å². The third kappa shape index (κ3) is 3.21. The number of tetrazole rings is 1. The van der Waals surface area contributed by atoms with Gasteiger partial charge < -0.3 is 5.32 Å². The third-order valence-corrected chi connectivity index (χ3v) is 2.42. The number of hydrogen-bond donors (Lipinski definition) is 1. The first-order valence-electron chi connectivity index (χ1n) is 5.14. The van der Waals surface area contributed by atoms with E-state index in [0.717, 1.165) is 16.0 Å². The summed E-state index contributed by atoms with van der Waals surface area (Å²) in [5.41, 5.74) is 0.951. The van der Waals surface area contributed by atoms with Gasteiger partial charge in [-0.05, 0) is 22.6 Å². The predicted octanol–water partition coefficient (Wildman–Crippen LogP) is 1.66. The number of nitrogens with one attached hydrogen (secondary N) is 1. The average molecular weight is 294 g/mol. The monoisotopic (exact) mass is 293 g/mol. The van der Waals surface area contributed by atoms with Gasteiger partial charge in [-0.1, -0.05) is 40.7 Å². The van der Waals surface area contributed by atoms with E-state index in [1.54, 1.807) is 4.68 Å². The van der Waals surface area contributed by atoms with Crippen molar-refractivity contribution >= 4 is 15.9 Å². The SMILES string of the molecule is C=C(Br)CNCc1nnnn1-c1ccccc1. The number of nitrogens with zero attached hydrogens (tertiary/aromatic N) is 4. The van der Waals surface area contributed by atoms with E-state index in [1.807, 2.05) is 30.3 Å². The molecule has 6 heteroatoms. The molecule has 1 heterocycles. The van der Waals surface area contributed by atoms with E-state index in [-0.39, 0.29) is 0 Å². The molecule has 0 radical (unpaired) electrons. The minimum Gasteiger partial charge on any atom is -0.305 e. The summed E-state index contributed by atoms with van der Waals surface area (Å²) in [5.74, 6) is 0.768. The molecule has 17 heavy (non-hydrogen) atoms. The number of para-hydroxylation sites is 1. The Morgan fingerprint density at radius 3 is 2.82 bits per heavy atom. The molecule has 0 amide bonds. The summed E-state index contributed by atoms with van der Waals surface area (Å²) in [6.07, 6.45) is 0. The van der Waals surface area contributed by atoms with Crippen molar-refractivity contribution in [3.8, 4) is 5.69 Å². The van der Waals surface area contributed by atoms with Crippen molar-refractivity contribution in [2.24, 2.45) is 0 Å². The van der Waals surface area contributed by atoms with Gasteiger partial charge in [-0.25, -0.2) is 0 Å². The largest absolute Gasteiger partial charge is 0.305 e. The molecule has 2 rings (SSSR count). The summed E-state index contributed by atoms with van der Waals surface area (Å²) in [4.78, 5) is 0. The maximum Gasteiger partial charge on any atom is 0.170 e. The standard InChI is InChI=1S/C11H12BrN5/c1-9(12)7-13-8-11-14-15-16-17(11)10-5-3-2-4-6-10/h2-6,13H,1,7-8H2. The van der Waals surface area contributed by atoms with Gasteiger partial charge in [0, 0.05) is 11.0 Å². The lowest BCUT2D eigenvalue weighted by Crippen LogP contribution is -2.18. The van der Waals surface area contributed by atoms with Crippen LogP contribution in [0.25, 0.3) is 5.69 Å². The van der Waals surface area contributed by atoms with Gasteiger partial charge in [-0.15, -0.1) is 5.10 Å². The van der Waals surface area contributed by atoms with Gasteiger partial charge in [0.05, 0.1) is 12.2 Å². The molecule has 0 aliphatic carbocycles. The quantitative estimate of drug-likeness (QED) is 0.911. The molecule has 0 saturated heterocycles. The molecule has 0 aliphatic rings. The minimum absolute atomic E-state index is 0.590. The van der Waals surface area contributed by atoms with Gasteiger partial charge in [0.15, 0.2) is 5.82 Å². The molecule has 0 aliphatic heterocycles. The smallest absolute Gasteiger partial charge is 0.170 e. The number of benzene rings is 1. The Hall–Kier alpha value is -1.53. The zero-order valence-corrected chi connectivity index (χ0v) is 10.8. The predicted molar refractivity (Wildman–Crippen MR) is 68.9 cm³/mol. The number of rotatable bonds is 5. The van der Waals surface area contributed by atoms with Crippen LogP contribution in [0.15, 0.2) is 41.4 Å². The zero-order valence-electron chi connectivity index (χ0n) is 9.17. The maximum absolute atomic E-state index is 3.98. The third-order valence-electron chi connectivity index (χ3n) is 2.13. The summed E-state index contributed by atoms with van der Waals surface area (Å²) in [5, 5.41) is 14.8. The second-order valence-electron chi connectivity index (χ2n) is 3.46. The van der Waals surface area contributed by atoms with Crippen LogP contribution >= 0.6 is 15.9 Å². The molecule has 5 nitrogen and oxygen atoms in total. The van der Waals surface area contributed by atoms with Crippen molar-refractivity contribution < 1.29 is 0 Å². The molecular formula is C11H12BrN5. The summed E-state index contributed by atoms with van der Waals surface area (Å²) >= 11 is 3.29. The van der Waals surface area contributed by atoms with Gasteiger partial charge in [0.2, 0.25) is 0 Å². The summed E-state index contributed by atoms with van der Waals surface area (Å²) < 4.78 is 2.61. The lowest BCUT2D eigenvalue weighted by molar-refractivity contribution is 0.680. The number of hydrogen-bond acceptors (Lipinski definition) is 4. The molecule has 0 saturated carbocycles. The van der Waals surface area contributed by atoms with E-state index in [4.69, 9.17) is 0 Å². The summed E-state index contributed by atoms with van der Waals surface area (Å²) in [7, 11) is 0. The van der Waals surface area contributed by atoms with Gasteiger partial charge in [-0.2, -0.15) is 4.68 Å². The summed E-state index contributed by atoms with van der Waals surface area (Å²) in [6.45, 7) is 5.02. The van der Waals surface area contributed by atoms with E-state index in [2.05, 4.69) is 43.4 Å². The summed E-state index contributed by atoms with van der Waals surface area (Å²) in [6, 6.07) is 9.79. The second kappa shape index (κ2) is 5.70. The Morgan fingerprint density at radius 1 is 1.35 bits per heavy atom. The minimum atomic E-state index is 0.590. The highest BCUT2D eigenvalue weighted by Crippen LogP contribution is 2.06. The fourth-order valence-corrected chi connectivity index (χ4v) is 1.59. The van der Waals surface area contributed by atoms with Crippen LogP contribution in [-0.4, -0.2) is 26.8 Å². The van der Waals surface area contributed by atoms with Crippen molar-refractivity contribution in [1.29, 1.82) is 0 Å². The van der Waals surface area contributed by atoms with Crippen LogP contribution in [0.3, 0.4) is 0 Å². The maximum atomic E-state index is 3.98. The average Bonchev–Trinajstić information content (AvgIpc) is 2.78. The first-order valence-corrected chi connectivity index (χ1v) is 5.93. The number of halogens is 1. The van der Waals surface area contributed by atoms with Crippen molar-refractivity contribution in [3.63, 3.8) is 0 Å². The highest BCUT2D eigenvalue weighted by molar-refractivity contribution is 9.11. The van der Waals surface area contributed by atoms with Crippen LogP contribution in [0.5, 0.6) is 0 Å². The lowest BCUT2D eigenvalue weighted by Gasteiger charge is -2.05. The second-order valence-corrected chi connectivity index (χ2v) is 4.58. The highest BCUT2D eigenvalue weighted by atomic mass is 79.9. The molecule has 0 spiro atoms. The molecule has 1 N–H and O–H groups in total. The first kappa shape index (κ1) is 11.9. The Kier molecular flexibility index (Phi) is 4.00. The van der Waals surface area contributed by atoms with Gasteiger partial charge in [-0.3, -0.25) is 0 Å². The van der Waals surface area contributed by atoms with Crippen LogP contribution in [0, 0.1) is 0 Å². The van der Waals surface area contributed by atoms with Gasteiger partial charge >= 0.3 is 0 Å². The number of aromatic nitrogens is 4. The molecule has 1 aromatic heterocycles. The van der Waals surface area contributed by atoms with Crippen LogP contribution in [0.2, 0.25) is 0 Å². The normalized spacial score (nSPS) is 10.4. The molecule has 0 atom stereocenters. The van der Waals surface area contributed by atoms with E-state index in [9.17, 15) is 0 Å².